The monoisotopic (exact) mass is 442 g/mol. The number of aliphatic hydroxyl groups is 1. The molecule has 0 saturated carbocycles. The Bertz CT molecular complexity index is 398. The number of carbonyl (C=O) groups is 1. The van der Waals surface area contributed by atoms with E-state index in [2.05, 4.69) is 21.0 Å². The lowest BCUT2D eigenvalue weighted by Crippen LogP contribution is -2.45. The molecule has 0 fully saturated rings. The van der Waals surface area contributed by atoms with Gasteiger partial charge in [0.25, 0.3) is 0 Å². The standard InChI is InChI=1S/C27H55NO3/c1-4-5-6-7-8-9-10-11-12-13-14-15-16-19-22-26(29)25-28(2,3)24-21-18-17-20-23-27(30)31/h26,29H,4-25H2,1-3H3/p+1. The molecule has 0 aliphatic rings. The molecule has 0 aromatic heterocycles. The van der Waals surface area contributed by atoms with E-state index in [0.29, 0.717) is 0 Å². The molecule has 0 radical (unpaired) electrons. The molecule has 0 rings (SSSR count). The van der Waals surface area contributed by atoms with Gasteiger partial charge in [-0.2, -0.15) is 0 Å². The van der Waals surface area contributed by atoms with E-state index in [0.717, 1.165) is 56.1 Å². The first-order valence-electron chi connectivity index (χ1n) is 13.6. The summed E-state index contributed by atoms with van der Waals surface area (Å²) in [5.41, 5.74) is 0. The van der Waals surface area contributed by atoms with Crippen LogP contribution in [0.2, 0.25) is 0 Å². The predicted molar refractivity (Wildman–Crippen MR) is 133 cm³/mol. The molecule has 4 heteroatoms. The fraction of sp³-hybridized carbons (Fsp3) is 0.963. The number of aliphatic hydroxyl groups excluding tert-OH is 1. The van der Waals surface area contributed by atoms with Crippen LogP contribution in [0.15, 0.2) is 0 Å². The van der Waals surface area contributed by atoms with E-state index in [9.17, 15) is 9.90 Å². The van der Waals surface area contributed by atoms with Crippen LogP contribution in [0.5, 0.6) is 0 Å². The first kappa shape index (κ1) is 30.4. The highest BCUT2D eigenvalue weighted by atomic mass is 16.4. The summed E-state index contributed by atoms with van der Waals surface area (Å²) >= 11 is 0. The average Bonchev–Trinajstić information content (AvgIpc) is 2.70. The zero-order valence-electron chi connectivity index (χ0n) is 21.4. The van der Waals surface area contributed by atoms with Gasteiger partial charge in [0, 0.05) is 6.42 Å². The second-order valence-electron chi connectivity index (χ2n) is 10.4. The van der Waals surface area contributed by atoms with Crippen molar-refractivity contribution in [2.24, 2.45) is 0 Å². The Morgan fingerprint density at radius 2 is 1.10 bits per heavy atom. The van der Waals surface area contributed by atoms with Crippen LogP contribution < -0.4 is 0 Å². The number of carboxylic acid groups (broad SMARTS) is 1. The Morgan fingerprint density at radius 3 is 1.58 bits per heavy atom. The van der Waals surface area contributed by atoms with E-state index >= 15 is 0 Å². The SMILES string of the molecule is CCCCCCCCCCCCCCCCC(O)C[N+](C)(C)CCCCCCC(=O)O. The van der Waals surface area contributed by atoms with Crippen LogP contribution in [0.25, 0.3) is 0 Å². The lowest BCUT2D eigenvalue weighted by Gasteiger charge is -2.32. The van der Waals surface area contributed by atoms with Gasteiger partial charge in [0.1, 0.15) is 12.6 Å². The molecule has 0 amide bonds. The summed E-state index contributed by atoms with van der Waals surface area (Å²) in [6.45, 7) is 4.16. The molecule has 31 heavy (non-hydrogen) atoms. The van der Waals surface area contributed by atoms with Crippen molar-refractivity contribution in [3.05, 3.63) is 0 Å². The Morgan fingerprint density at radius 1 is 0.677 bits per heavy atom. The Hall–Kier alpha value is -0.610. The third-order valence-corrected chi connectivity index (χ3v) is 6.50. The molecule has 0 aliphatic heterocycles. The molecule has 0 bridgehead atoms. The quantitative estimate of drug-likeness (QED) is 0.121. The largest absolute Gasteiger partial charge is 0.481 e. The molecule has 0 saturated heterocycles. The van der Waals surface area contributed by atoms with E-state index in [1.807, 2.05) is 0 Å². The van der Waals surface area contributed by atoms with E-state index in [4.69, 9.17) is 5.11 Å². The maximum Gasteiger partial charge on any atom is 0.303 e. The molecule has 186 valence electrons. The van der Waals surface area contributed by atoms with Gasteiger partial charge in [-0.25, -0.2) is 0 Å². The minimum atomic E-state index is -0.692. The van der Waals surface area contributed by atoms with E-state index in [1.54, 1.807) is 0 Å². The number of rotatable bonds is 24. The van der Waals surface area contributed by atoms with Crippen molar-refractivity contribution in [2.45, 2.75) is 141 Å². The third kappa shape index (κ3) is 23.9. The highest BCUT2D eigenvalue weighted by molar-refractivity contribution is 5.66. The van der Waals surface area contributed by atoms with Crippen molar-refractivity contribution in [1.29, 1.82) is 0 Å². The van der Waals surface area contributed by atoms with Crippen LogP contribution in [0.1, 0.15) is 135 Å². The van der Waals surface area contributed by atoms with Crippen LogP contribution in [0.4, 0.5) is 0 Å². The Labute approximate surface area is 194 Å². The number of aliphatic carboxylic acids is 1. The smallest absolute Gasteiger partial charge is 0.303 e. The molecule has 1 atom stereocenters. The number of likely N-dealkylation sites (N-methyl/N-ethyl adjacent to an activating group) is 1. The van der Waals surface area contributed by atoms with E-state index < -0.39 is 5.97 Å². The third-order valence-electron chi connectivity index (χ3n) is 6.50. The Balaban J connectivity index is 3.44. The summed E-state index contributed by atoms with van der Waals surface area (Å²) < 4.78 is 0.860. The van der Waals surface area contributed by atoms with Crippen molar-refractivity contribution in [1.82, 2.24) is 0 Å². The lowest BCUT2D eigenvalue weighted by molar-refractivity contribution is -0.893. The minimum Gasteiger partial charge on any atom is -0.481 e. The fourth-order valence-electron chi connectivity index (χ4n) is 4.50. The fourth-order valence-corrected chi connectivity index (χ4v) is 4.50. The van der Waals surface area contributed by atoms with Gasteiger partial charge in [-0.05, 0) is 25.7 Å². The molecule has 1 unspecified atom stereocenters. The van der Waals surface area contributed by atoms with Gasteiger partial charge < -0.3 is 14.7 Å². The van der Waals surface area contributed by atoms with Gasteiger partial charge in [-0.3, -0.25) is 4.79 Å². The molecule has 2 N–H and O–H groups in total. The number of hydrogen-bond acceptors (Lipinski definition) is 2. The summed E-state index contributed by atoms with van der Waals surface area (Å²) in [4.78, 5) is 10.5. The molecule has 0 aromatic carbocycles. The van der Waals surface area contributed by atoms with Crippen molar-refractivity contribution < 1.29 is 19.5 Å². The average molecular weight is 443 g/mol. The van der Waals surface area contributed by atoms with Gasteiger partial charge >= 0.3 is 5.97 Å². The first-order valence-corrected chi connectivity index (χ1v) is 13.6. The maximum atomic E-state index is 10.5. The van der Waals surface area contributed by atoms with Gasteiger partial charge in [-0.15, -0.1) is 0 Å². The highest BCUT2D eigenvalue weighted by Crippen LogP contribution is 2.15. The normalized spacial score (nSPS) is 12.9. The molecule has 4 nitrogen and oxygen atoms in total. The van der Waals surface area contributed by atoms with Crippen molar-refractivity contribution in [3.63, 3.8) is 0 Å². The number of nitrogens with zero attached hydrogens (tertiary/aromatic N) is 1. The summed E-state index contributed by atoms with van der Waals surface area (Å²) in [6.07, 6.45) is 24.2. The molecule has 0 spiro atoms. The molecular weight excluding hydrogens is 386 g/mol. The van der Waals surface area contributed by atoms with Gasteiger partial charge in [-0.1, -0.05) is 103 Å². The van der Waals surface area contributed by atoms with Crippen molar-refractivity contribution >= 4 is 5.97 Å². The van der Waals surface area contributed by atoms with Crippen molar-refractivity contribution in [2.75, 3.05) is 27.2 Å². The second kappa shape index (κ2) is 21.2. The molecular formula is C27H56NO3+. The molecule has 0 aliphatic carbocycles. The predicted octanol–water partition coefficient (Wildman–Crippen LogP) is 7.33. The lowest BCUT2D eigenvalue weighted by atomic mass is 10.0. The van der Waals surface area contributed by atoms with Gasteiger partial charge in [0.15, 0.2) is 0 Å². The van der Waals surface area contributed by atoms with Gasteiger partial charge in [0.05, 0.1) is 20.6 Å². The summed E-state index contributed by atoms with van der Waals surface area (Å²) in [6, 6.07) is 0. The zero-order chi connectivity index (χ0) is 23.2. The molecule has 0 aromatic rings. The second-order valence-corrected chi connectivity index (χ2v) is 10.4. The van der Waals surface area contributed by atoms with Crippen molar-refractivity contribution in [3.8, 4) is 0 Å². The highest BCUT2D eigenvalue weighted by Gasteiger charge is 2.19. The number of hydrogen-bond donors (Lipinski definition) is 2. The Kier molecular flexibility index (Phi) is 20.8. The number of carboxylic acids is 1. The van der Waals surface area contributed by atoms with Crippen LogP contribution in [0, 0.1) is 0 Å². The van der Waals surface area contributed by atoms with E-state index in [1.165, 1.54) is 83.5 Å². The first-order chi connectivity index (χ1) is 14.9. The maximum absolute atomic E-state index is 10.5. The summed E-state index contributed by atoms with van der Waals surface area (Å²) in [7, 11) is 4.40. The number of quaternary nitrogens is 1. The van der Waals surface area contributed by atoms with Crippen LogP contribution >= 0.6 is 0 Å². The summed E-state index contributed by atoms with van der Waals surface area (Å²) in [5.74, 6) is -0.692. The van der Waals surface area contributed by atoms with Crippen LogP contribution in [-0.4, -0.2) is 54.0 Å². The summed E-state index contributed by atoms with van der Waals surface area (Å²) in [5, 5.41) is 19.1. The minimum absolute atomic E-state index is 0.195. The van der Waals surface area contributed by atoms with Gasteiger partial charge in [0.2, 0.25) is 0 Å². The van der Waals surface area contributed by atoms with E-state index in [-0.39, 0.29) is 12.5 Å². The molecule has 0 heterocycles. The van der Waals surface area contributed by atoms with Crippen LogP contribution in [0.3, 0.4) is 0 Å². The number of unbranched alkanes of at least 4 members (excludes halogenated alkanes) is 16. The zero-order valence-corrected chi connectivity index (χ0v) is 21.4. The topological polar surface area (TPSA) is 57.5 Å². The van der Waals surface area contributed by atoms with Crippen LogP contribution in [-0.2, 0) is 4.79 Å².